The quantitative estimate of drug-likeness (QED) is 0.854. The van der Waals surface area contributed by atoms with Crippen LogP contribution in [0, 0.1) is 0 Å². The summed E-state index contributed by atoms with van der Waals surface area (Å²) in [5.41, 5.74) is 1.42. The Labute approximate surface area is 94.0 Å². The van der Waals surface area contributed by atoms with Crippen LogP contribution in [0.5, 0.6) is 0 Å². The molecule has 2 N–H and O–H groups in total. The Kier molecular flexibility index (Phi) is 3.60. The second kappa shape index (κ2) is 4.94. The van der Waals surface area contributed by atoms with Crippen molar-refractivity contribution in [3.05, 3.63) is 34.3 Å². The number of hydrogen-bond acceptors (Lipinski definition) is 0. The van der Waals surface area contributed by atoms with Gasteiger partial charge >= 0.3 is 0 Å². The van der Waals surface area contributed by atoms with E-state index >= 15 is 0 Å². The number of quaternary nitrogens is 1. The minimum Gasteiger partial charge on any atom is -0.340 e. The first-order valence-electron chi connectivity index (χ1n) is 5.42. The maximum Gasteiger partial charge on any atom is 0.101 e. The van der Waals surface area contributed by atoms with E-state index in [0.29, 0.717) is 0 Å². The lowest BCUT2D eigenvalue weighted by atomic mass is 10.2. The second-order valence-electron chi connectivity index (χ2n) is 4.11. The van der Waals surface area contributed by atoms with E-state index in [0.717, 1.165) is 12.6 Å². The summed E-state index contributed by atoms with van der Waals surface area (Å²) in [5, 5.41) is 2.49. The molecule has 0 atom stereocenters. The normalized spacial score (nSPS) is 17.5. The fourth-order valence-corrected chi connectivity index (χ4v) is 2.61. The van der Waals surface area contributed by atoms with Crippen molar-refractivity contribution < 1.29 is 5.32 Å². The smallest absolute Gasteiger partial charge is 0.101 e. The molecule has 2 heteroatoms. The summed E-state index contributed by atoms with van der Waals surface area (Å²) in [6, 6.07) is 9.50. The first-order chi connectivity index (χ1) is 6.84. The molecule has 2 rings (SSSR count). The lowest BCUT2D eigenvalue weighted by Gasteiger charge is -2.08. The van der Waals surface area contributed by atoms with Gasteiger partial charge in [-0.2, -0.15) is 0 Å². The minimum absolute atomic E-state index is 0.883. The van der Waals surface area contributed by atoms with Gasteiger partial charge in [0.2, 0.25) is 0 Å². The summed E-state index contributed by atoms with van der Waals surface area (Å²) in [6.07, 6.45) is 5.68. The van der Waals surface area contributed by atoms with Crippen LogP contribution in [0.15, 0.2) is 28.7 Å². The molecule has 1 nitrogen and oxygen atoms in total. The Balaban J connectivity index is 1.85. The topological polar surface area (TPSA) is 16.6 Å². The summed E-state index contributed by atoms with van der Waals surface area (Å²) >= 11 is 3.50. The van der Waals surface area contributed by atoms with Gasteiger partial charge in [0, 0.05) is 10.0 Å². The van der Waals surface area contributed by atoms with E-state index in [9.17, 15) is 0 Å². The molecular formula is C12H17BrN+. The van der Waals surface area contributed by atoms with E-state index in [4.69, 9.17) is 0 Å². The van der Waals surface area contributed by atoms with E-state index < -0.39 is 0 Å². The zero-order valence-electron chi connectivity index (χ0n) is 8.38. The van der Waals surface area contributed by atoms with E-state index in [-0.39, 0.29) is 0 Å². The van der Waals surface area contributed by atoms with Crippen LogP contribution in [0.4, 0.5) is 0 Å². The Morgan fingerprint density at radius 3 is 2.79 bits per heavy atom. The van der Waals surface area contributed by atoms with Gasteiger partial charge in [-0.25, -0.2) is 0 Å². The van der Waals surface area contributed by atoms with Crippen molar-refractivity contribution in [3.8, 4) is 0 Å². The predicted octanol–water partition coefficient (Wildman–Crippen LogP) is 2.46. The molecule has 1 fully saturated rings. The molecule has 0 bridgehead atoms. The Morgan fingerprint density at radius 1 is 1.29 bits per heavy atom. The van der Waals surface area contributed by atoms with Gasteiger partial charge in [0.15, 0.2) is 0 Å². The highest BCUT2D eigenvalue weighted by molar-refractivity contribution is 9.10. The van der Waals surface area contributed by atoms with E-state index in [1.807, 2.05) is 0 Å². The minimum atomic E-state index is 0.883. The standard InChI is InChI=1S/C12H16BrN/c13-11-5-3-4-10(8-11)9-14-12-6-1-2-7-12/h3-5,8,12,14H,1-2,6-7,9H2/p+1. The van der Waals surface area contributed by atoms with Crippen molar-refractivity contribution in [1.29, 1.82) is 0 Å². The summed E-state index contributed by atoms with van der Waals surface area (Å²) in [4.78, 5) is 0. The molecule has 1 aliphatic rings. The lowest BCUT2D eigenvalue weighted by Crippen LogP contribution is -2.87. The van der Waals surface area contributed by atoms with Crippen LogP contribution < -0.4 is 5.32 Å². The molecule has 0 spiro atoms. The van der Waals surface area contributed by atoms with Crippen LogP contribution in [0.1, 0.15) is 31.2 Å². The van der Waals surface area contributed by atoms with Crippen molar-refractivity contribution >= 4 is 15.9 Å². The molecule has 0 amide bonds. The number of halogens is 1. The third kappa shape index (κ3) is 2.82. The number of hydrogen-bond donors (Lipinski definition) is 1. The first-order valence-corrected chi connectivity index (χ1v) is 6.21. The molecule has 0 saturated heterocycles. The first kappa shape index (κ1) is 10.2. The van der Waals surface area contributed by atoms with Gasteiger partial charge in [-0.05, 0) is 37.8 Å². The van der Waals surface area contributed by atoms with Crippen molar-refractivity contribution in [2.45, 2.75) is 38.3 Å². The summed E-state index contributed by atoms with van der Waals surface area (Å²) in [6.45, 7) is 1.13. The number of rotatable bonds is 3. The van der Waals surface area contributed by atoms with Gasteiger partial charge in [-0.1, -0.05) is 28.1 Å². The average molecular weight is 255 g/mol. The average Bonchev–Trinajstić information content (AvgIpc) is 2.67. The van der Waals surface area contributed by atoms with Crippen LogP contribution >= 0.6 is 15.9 Å². The van der Waals surface area contributed by atoms with Gasteiger partial charge in [-0.15, -0.1) is 0 Å². The molecule has 0 unspecified atom stereocenters. The fourth-order valence-electron chi connectivity index (χ4n) is 2.16. The van der Waals surface area contributed by atoms with Crippen LogP contribution in [0.3, 0.4) is 0 Å². The lowest BCUT2D eigenvalue weighted by molar-refractivity contribution is -0.703. The molecule has 0 radical (unpaired) electrons. The van der Waals surface area contributed by atoms with Crippen molar-refractivity contribution in [1.82, 2.24) is 0 Å². The summed E-state index contributed by atoms with van der Waals surface area (Å²) < 4.78 is 1.19. The maximum absolute atomic E-state index is 3.50. The number of benzene rings is 1. The maximum atomic E-state index is 3.50. The van der Waals surface area contributed by atoms with Gasteiger partial charge in [0.05, 0.1) is 6.04 Å². The van der Waals surface area contributed by atoms with E-state index in [1.54, 1.807) is 0 Å². The highest BCUT2D eigenvalue weighted by Crippen LogP contribution is 2.15. The van der Waals surface area contributed by atoms with Crippen molar-refractivity contribution in [2.75, 3.05) is 0 Å². The molecule has 0 aliphatic heterocycles. The van der Waals surface area contributed by atoms with Gasteiger partial charge in [-0.3, -0.25) is 0 Å². The van der Waals surface area contributed by atoms with Gasteiger partial charge in [0.1, 0.15) is 6.54 Å². The van der Waals surface area contributed by atoms with Gasteiger partial charge < -0.3 is 5.32 Å². The monoisotopic (exact) mass is 254 g/mol. The second-order valence-corrected chi connectivity index (χ2v) is 5.03. The van der Waals surface area contributed by atoms with Crippen LogP contribution in [0.2, 0.25) is 0 Å². The molecular weight excluding hydrogens is 238 g/mol. The third-order valence-corrected chi connectivity index (χ3v) is 3.47. The molecule has 1 saturated carbocycles. The highest BCUT2D eigenvalue weighted by Gasteiger charge is 2.17. The fraction of sp³-hybridized carbons (Fsp3) is 0.500. The predicted molar refractivity (Wildman–Crippen MR) is 62.0 cm³/mol. The molecule has 14 heavy (non-hydrogen) atoms. The van der Waals surface area contributed by atoms with E-state index in [2.05, 4.69) is 45.5 Å². The Morgan fingerprint density at radius 2 is 2.07 bits per heavy atom. The molecule has 1 aromatic carbocycles. The van der Waals surface area contributed by atoms with Crippen molar-refractivity contribution in [2.24, 2.45) is 0 Å². The largest absolute Gasteiger partial charge is 0.340 e. The molecule has 1 aromatic rings. The van der Waals surface area contributed by atoms with Crippen LogP contribution in [-0.4, -0.2) is 6.04 Å². The van der Waals surface area contributed by atoms with E-state index in [1.165, 1.54) is 35.7 Å². The summed E-state index contributed by atoms with van der Waals surface area (Å²) in [5.74, 6) is 0. The SMILES string of the molecule is Brc1cccc(C[NH2+]C2CCCC2)c1. The van der Waals surface area contributed by atoms with Gasteiger partial charge in [0.25, 0.3) is 0 Å². The van der Waals surface area contributed by atoms with Crippen LogP contribution in [0.25, 0.3) is 0 Å². The Bertz CT molecular complexity index is 292. The third-order valence-electron chi connectivity index (χ3n) is 2.98. The summed E-state index contributed by atoms with van der Waals surface area (Å²) in [7, 11) is 0. The molecule has 0 heterocycles. The van der Waals surface area contributed by atoms with Crippen LogP contribution in [-0.2, 0) is 6.54 Å². The zero-order valence-corrected chi connectivity index (χ0v) is 9.96. The molecule has 1 aliphatic carbocycles. The number of nitrogens with two attached hydrogens (primary N) is 1. The highest BCUT2D eigenvalue weighted by atomic mass is 79.9. The zero-order chi connectivity index (χ0) is 9.80. The Hall–Kier alpha value is -0.340. The molecule has 76 valence electrons. The van der Waals surface area contributed by atoms with Crippen molar-refractivity contribution in [3.63, 3.8) is 0 Å². The molecule has 0 aromatic heterocycles.